The van der Waals surface area contributed by atoms with Gasteiger partial charge in [0.2, 0.25) is 0 Å². The van der Waals surface area contributed by atoms with Gasteiger partial charge >= 0.3 is 0 Å². The highest BCUT2D eigenvalue weighted by molar-refractivity contribution is 5.55. The number of rotatable bonds is 8. The van der Waals surface area contributed by atoms with Crippen molar-refractivity contribution < 1.29 is 4.74 Å². The summed E-state index contributed by atoms with van der Waals surface area (Å²) >= 11 is 0. The summed E-state index contributed by atoms with van der Waals surface area (Å²) in [5, 5.41) is 3.48. The van der Waals surface area contributed by atoms with E-state index < -0.39 is 0 Å². The molecule has 0 radical (unpaired) electrons. The summed E-state index contributed by atoms with van der Waals surface area (Å²) in [5.41, 5.74) is 7.98. The monoisotopic (exact) mass is 277 g/mol. The summed E-state index contributed by atoms with van der Waals surface area (Å²) in [6, 6.07) is 8.74. The Morgan fingerprint density at radius 2 is 1.70 bits per heavy atom. The van der Waals surface area contributed by atoms with Crippen LogP contribution in [0.3, 0.4) is 0 Å². The number of hydrogen-bond donors (Lipinski definition) is 2. The highest BCUT2D eigenvalue weighted by Gasteiger charge is 2.10. The third-order valence-corrected chi connectivity index (χ3v) is 3.70. The molecule has 0 unspecified atom stereocenters. The molecule has 1 saturated heterocycles. The molecule has 0 atom stereocenters. The second-order valence-corrected chi connectivity index (χ2v) is 5.28. The molecule has 1 fully saturated rings. The number of anilines is 2. The van der Waals surface area contributed by atoms with Crippen LogP contribution in [0, 0.1) is 0 Å². The van der Waals surface area contributed by atoms with Gasteiger partial charge in [0.1, 0.15) is 0 Å². The molecule has 4 nitrogen and oxygen atoms in total. The third-order valence-electron chi connectivity index (χ3n) is 3.70. The lowest BCUT2D eigenvalue weighted by Crippen LogP contribution is -2.36. The quantitative estimate of drug-likeness (QED) is 0.717. The van der Waals surface area contributed by atoms with Crippen molar-refractivity contribution in [2.45, 2.75) is 25.7 Å². The first-order chi connectivity index (χ1) is 9.90. The molecule has 3 N–H and O–H groups in total. The minimum absolute atomic E-state index is 0.816. The number of unbranched alkanes of at least 4 members (excludes halogenated alkanes) is 3. The molecule has 2 rings (SSSR count). The smallest absolute Gasteiger partial charge is 0.0642 e. The normalized spacial score (nSPS) is 15.3. The molecule has 0 saturated carbocycles. The second-order valence-electron chi connectivity index (χ2n) is 5.28. The van der Waals surface area contributed by atoms with E-state index in [2.05, 4.69) is 34.5 Å². The number of hydrogen-bond acceptors (Lipinski definition) is 4. The highest BCUT2D eigenvalue weighted by Crippen LogP contribution is 2.19. The Balaban J connectivity index is 1.68. The van der Waals surface area contributed by atoms with Crippen LogP contribution in [-0.4, -0.2) is 39.4 Å². The largest absolute Gasteiger partial charge is 0.385 e. The van der Waals surface area contributed by atoms with Crippen LogP contribution in [0.15, 0.2) is 24.3 Å². The number of ether oxygens (including phenoxy) is 1. The second kappa shape index (κ2) is 8.82. The number of nitrogens with zero attached hydrogens (tertiary/aromatic N) is 1. The molecule has 1 aliphatic rings. The van der Waals surface area contributed by atoms with E-state index in [4.69, 9.17) is 10.5 Å². The maximum Gasteiger partial charge on any atom is 0.0642 e. The Kier molecular flexibility index (Phi) is 6.68. The summed E-state index contributed by atoms with van der Waals surface area (Å²) in [4.78, 5) is 2.38. The van der Waals surface area contributed by atoms with E-state index in [9.17, 15) is 0 Å². The SMILES string of the molecule is NCCCCCCNc1ccc(N2CCOCC2)cc1. The van der Waals surface area contributed by atoms with Crippen molar-refractivity contribution in [3.63, 3.8) is 0 Å². The maximum absolute atomic E-state index is 5.48. The predicted octanol–water partition coefficient (Wildman–Crippen LogP) is 2.45. The lowest BCUT2D eigenvalue weighted by Gasteiger charge is -2.28. The molecule has 0 aliphatic carbocycles. The summed E-state index contributed by atoms with van der Waals surface area (Å²) in [6.45, 7) is 5.52. The Morgan fingerprint density at radius 3 is 2.40 bits per heavy atom. The number of nitrogens with one attached hydrogen (secondary N) is 1. The van der Waals surface area contributed by atoms with E-state index in [1.54, 1.807) is 0 Å². The molecule has 1 aromatic rings. The van der Waals surface area contributed by atoms with Crippen LogP contribution < -0.4 is 16.0 Å². The van der Waals surface area contributed by atoms with E-state index in [0.717, 1.165) is 45.8 Å². The van der Waals surface area contributed by atoms with Gasteiger partial charge in [-0.2, -0.15) is 0 Å². The predicted molar refractivity (Wildman–Crippen MR) is 85.5 cm³/mol. The van der Waals surface area contributed by atoms with Crippen LogP contribution in [0.5, 0.6) is 0 Å². The number of nitrogens with two attached hydrogens (primary N) is 1. The van der Waals surface area contributed by atoms with Gasteiger partial charge in [-0.3, -0.25) is 0 Å². The minimum Gasteiger partial charge on any atom is -0.385 e. The topological polar surface area (TPSA) is 50.5 Å². The van der Waals surface area contributed by atoms with Crippen LogP contribution in [0.1, 0.15) is 25.7 Å². The van der Waals surface area contributed by atoms with Crippen molar-refractivity contribution in [3.05, 3.63) is 24.3 Å². The van der Waals surface area contributed by atoms with Crippen LogP contribution in [0.4, 0.5) is 11.4 Å². The van der Waals surface area contributed by atoms with Gasteiger partial charge in [-0.1, -0.05) is 12.8 Å². The first-order valence-corrected chi connectivity index (χ1v) is 7.77. The van der Waals surface area contributed by atoms with Crippen LogP contribution in [0.2, 0.25) is 0 Å². The third kappa shape index (κ3) is 5.02. The first kappa shape index (κ1) is 15.1. The molecular weight excluding hydrogens is 250 g/mol. The van der Waals surface area contributed by atoms with Crippen molar-refractivity contribution in [1.29, 1.82) is 0 Å². The summed E-state index contributed by atoms with van der Waals surface area (Å²) in [7, 11) is 0. The average molecular weight is 277 g/mol. The van der Waals surface area contributed by atoms with Gasteiger partial charge in [0, 0.05) is 31.0 Å². The Hall–Kier alpha value is -1.26. The Labute approximate surface area is 122 Å². The van der Waals surface area contributed by atoms with Crippen LogP contribution in [-0.2, 0) is 4.74 Å². The zero-order chi connectivity index (χ0) is 14.0. The lowest BCUT2D eigenvalue weighted by atomic mass is 10.2. The van der Waals surface area contributed by atoms with Crippen molar-refractivity contribution in [1.82, 2.24) is 0 Å². The number of morpholine rings is 1. The van der Waals surface area contributed by atoms with Gasteiger partial charge in [0.05, 0.1) is 13.2 Å². The zero-order valence-corrected chi connectivity index (χ0v) is 12.3. The molecule has 1 aliphatic heterocycles. The molecule has 0 bridgehead atoms. The van der Waals surface area contributed by atoms with Crippen molar-refractivity contribution in [2.75, 3.05) is 49.6 Å². The molecule has 20 heavy (non-hydrogen) atoms. The Bertz CT molecular complexity index is 360. The standard InChI is InChI=1S/C16H27N3O/c17-9-3-1-2-4-10-18-15-5-7-16(8-6-15)19-11-13-20-14-12-19/h5-8,18H,1-4,9-14,17H2. The average Bonchev–Trinajstić information content (AvgIpc) is 2.52. The Morgan fingerprint density at radius 1 is 1.00 bits per heavy atom. The molecule has 4 heteroatoms. The fourth-order valence-electron chi connectivity index (χ4n) is 2.47. The zero-order valence-electron chi connectivity index (χ0n) is 12.3. The maximum atomic E-state index is 5.48. The molecule has 1 heterocycles. The first-order valence-electron chi connectivity index (χ1n) is 7.77. The van der Waals surface area contributed by atoms with E-state index in [1.165, 1.54) is 30.6 Å². The van der Waals surface area contributed by atoms with Crippen molar-refractivity contribution in [2.24, 2.45) is 5.73 Å². The van der Waals surface area contributed by atoms with Gasteiger partial charge < -0.3 is 20.7 Å². The van der Waals surface area contributed by atoms with Gasteiger partial charge in [-0.15, -0.1) is 0 Å². The van der Waals surface area contributed by atoms with Crippen molar-refractivity contribution in [3.8, 4) is 0 Å². The van der Waals surface area contributed by atoms with E-state index in [0.29, 0.717) is 0 Å². The molecule has 112 valence electrons. The van der Waals surface area contributed by atoms with Gasteiger partial charge in [-0.05, 0) is 43.7 Å². The fraction of sp³-hybridized carbons (Fsp3) is 0.625. The molecular formula is C16H27N3O. The van der Waals surface area contributed by atoms with Crippen LogP contribution >= 0.6 is 0 Å². The van der Waals surface area contributed by atoms with Crippen LogP contribution in [0.25, 0.3) is 0 Å². The minimum atomic E-state index is 0.816. The summed E-state index contributed by atoms with van der Waals surface area (Å²) < 4.78 is 5.38. The highest BCUT2D eigenvalue weighted by atomic mass is 16.5. The lowest BCUT2D eigenvalue weighted by molar-refractivity contribution is 0.122. The van der Waals surface area contributed by atoms with Gasteiger partial charge in [0.15, 0.2) is 0 Å². The number of benzene rings is 1. The summed E-state index contributed by atoms with van der Waals surface area (Å²) in [6.07, 6.45) is 4.86. The fourth-order valence-corrected chi connectivity index (χ4v) is 2.47. The molecule has 1 aromatic carbocycles. The van der Waals surface area contributed by atoms with E-state index in [1.807, 2.05) is 0 Å². The summed E-state index contributed by atoms with van der Waals surface area (Å²) in [5.74, 6) is 0. The van der Waals surface area contributed by atoms with E-state index >= 15 is 0 Å². The molecule has 0 amide bonds. The van der Waals surface area contributed by atoms with E-state index in [-0.39, 0.29) is 0 Å². The van der Waals surface area contributed by atoms with Crippen molar-refractivity contribution >= 4 is 11.4 Å². The van der Waals surface area contributed by atoms with Gasteiger partial charge in [-0.25, -0.2) is 0 Å². The molecule has 0 aromatic heterocycles. The van der Waals surface area contributed by atoms with Gasteiger partial charge in [0.25, 0.3) is 0 Å². The molecule has 0 spiro atoms.